The topological polar surface area (TPSA) is 83.0 Å². The van der Waals surface area contributed by atoms with Gasteiger partial charge in [0.15, 0.2) is 5.96 Å². The normalized spacial score (nSPS) is 14.6. The summed E-state index contributed by atoms with van der Waals surface area (Å²) in [4.78, 5) is 4.98. The molecule has 1 fully saturated rings. The van der Waals surface area contributed by atoms with Crippen LogP contribution in [0.1, 0.15) is 30.9 Å². The summed E-state index contributed by atoms with van der Waals surface area (Å²) in [6.07, 6.45) is 2.68. The summed E-state index contributed by atoms with van der Waals surface area (Å²) >= 11 is 0. The van der Waals surface area contributed by atoms with Crippen molar-refractivity contribution < 1.29 is 13.2 Å². The number of hydrogen-bond donors (Lipinski definition) is 2. The van der Waals surface area contributed by atoms with E-state index in [2.05, 4.69) is 21.7 Å². The van der Waals surface area contributed by atoms with Crippen LogP contribution in [0, 0.1) is 0 Å². The number of nitrogens with zero attached hydrogens (tertiary/aromatic N) is 2. The number of halogens is 1. The van der Waals surface area contributed by atoms with Crippen LogP contribution in [0.15, 0.2) is 58.4 Å². The lowest BCUT2D eigenvalue weighted by molar-refractivity contribution is 0.409. The third-order valence-corrected chi connectivity index (χ3v) is 7.18. The van der Waals surface area contributed by atoms with E-state index in [9.17, 15) is 8.42 Å². The predicted molar refractivity (Wildman–Crippen MR) is 139 cm³/mol. The van der Waals surface area contributed by atoms with E-state index >= 15 is 0 Å². The molecule has 32 heavy (non-hydrogen) atoms. The zero-order valence-corrected chi connectivity index (χ0v) is 21.9. The number of hydrogen-bond acceptors (Lipinski definition) is 4. The lowest BCUT2D eigenvalue weighted by atomic mass is 10.1. The highest BCUT2D eigenvalue weighted by Crippen LogP contribution is 2.21. The first-order valence-electron chi connectivity index (χ1n) is 10.8. The van der Waals surface area contributed by atoms with E-state index in [1.807, 2.05) is 37.3 Å². The Morgan fingerprint density at radius 2 is 1.75 bits per heavy atom. The summed E-state index contributed by atoms with van der Waals surface area (Å²) in [5.41, 5.74) is 2.10. The highest BCUT2D eigenvalue weighted by molar-refractivity contribution is 14.0. The van der Waals surface area contributed by atoms with Crippen molar-refractivity contribution in [1.29, 1.82) is 0 Å². The molecule has 7 nitrogen and oxygen atoms in total. The number of aliphatic imine (C=N–C) groups is 1. The summed E-state index contributed by atoms with van der Waals surface area (Å²) in [5, 5.41) is 6.59. The molecule has 1 heterocycles. The second-order valence-corrected chi connectivity index (χ2v) is 9.38. The van der Waals surface area contributed by atoms with Crippen molar-refractivity contribution in [2.24, 2.45) is 4.99 Å². The number of ether oxygens (including phenoxy) is 1. The molecule has 1 aliphatic heterocycles. The summed E-state index contributed by atoms with van der Waals surface area (Å²) in [7, 11) is -1.70. The van der Waals surface area contributed by atoms with Gasteiger partial charge in [-0.15, -0.1) is 24.0 Å². The zero-order valence-electron chi connectivity index (χ0n) is 18.7. The fraction of sp³-hybridized carbons (Fsp3) is 0.435. The Hall–Kier alpha value is -1.85. The maximum Gasteiger partial charge on any atom is 0.243 e. The highest BCUT2D eigenvalue weighted by Gasteiger charge is 2.26. The average molecular weight is 573 g/mol. The quantitative estimate of drug-likeness (QED) is 0.274. The molecule has 0 unspecified atom stereocenters. The van der Waals surface area contributed by atoms with Gasteiger partial charge < -0.3 is 15.4 Å². The molecular weight excluding hydrogens is 539 g/mol. The molecule has 1 saturated heterocycles. The van der Waals surface area contributed by atoms with E-state index in [1.165, 1.54) is 0 Å². The van der Waals surface area contributed by atoms with E-state index in [1.54, 1.807) is 23.5 Å². The van der Waals surface area contributed by atoms with Crippen molar-refractivity contribution >= 4 is 40.0 Å². The molecule has 1 aliphatic rings. The second-order valence-electron chi connectivity index (χ2n) is 7.44. The van der Waals surface area contributed by atoms with E-state index in [-0.39, 0.29) is 24.0 Å². The van der Waals surface area contributed by atoms with E-state index in [0.717, 1.165) is 55.2 Å². The molecule has 0 aliphatic carbocycles. The molecule has 2 aromatic rings. The molecular formula is C23H33IN4O3S. The number of nitrogens with one attached hydrogen (secondary N) is 2. The Kier molecular flexibility index (Phi) is 10.7. The van der Waals surface area contributed by atoms with Gasteiger partial charge in [0, 0.05) is 26.2 Å². The van der Waals surface area contributed by atoms with Gasteiger partial charge in [-0.1, -0.05) is 30.3 Å². The molecule has 0 radical (unpaired) electrons. The first kappa shape index (κ1) is 26.4. The van der Waals surface area contributed by atoms with Crippen molar-refractivity contribution in [2.75, 3.05) is 33.3 Å². The van der Waals surface area contributed by atoms with Crippen LogP contribution in [-0.2, 0) is 23.0 Å². The van der Waals surface area contributed by atoms with Crippen LogP contribution in [-0.4, -0.2) is 52.0 Å². The van der Waals surface area contributed by atoms with Gasteiger partial charge >= 0.3 is 0 Å². The van der Waals surface area contributed by atoms with Crippen molar-refractivity contribution in [3.05, 3.63) is 59.7 Å². The first-order valence-corrected chi connectivity index (χ1v) is 12.2. The highest BCUT2D eigenvalue weighted by atomic mass is 127. The maximum atomic E-state index is 12.6. The minimum Gasteiger partial charge on any atom is -0.496 e. The molecule has 176 valence electrons. The molecule has 2 aromatic carbocycles. The first-order chi connectivity index (χ1) is 15.0. The van der Waals surface area contributed by atoms with Crippen LogP contribution in [0.3, 0.4) is 0 Å². The van der Waals surface area contributed by atoms with Gasteiger partial charge in [0.1, 0.15) is 5.75 Å². The van der Waals surface area contributed by atoms with Crippen molar-refractivity contribution in [3.8, 4) is 5.75 Å². The van der Waals surface area contributed by atoms with Crippen LogP contribution in [0.5, 0.6) is 5.75 Å². The molecule has 0 spiro atoms. The van der Waals surface area contributed by atoms with Crippen molar-refractivity contribution in [2.45, 2.75) is 37.6 Å². The third-order valence-electron chi connectivity index (χ3n) is 5.27. The average Bonchev–Trinajstić information content (AvgIpc) is 3.34. The fourth-order valence-electron chi connectivity index (χ4n) is 3.58. The second kappa shape index (κ2) is 13.0. The molecule has 0 bridgehead atoms. The molecule has 0 saturated carbocycles. The number of guanidine groups is 1. The number of rotatable bonds is 9. The number of methoxy groups -OCH3 is 1. The number of benzene rings is 2. The number of para-hydroxylation sites is 1. The molecule has 0 atom stereocenters. The summed E-state index contributed by atoms with van der Waals surface area (Å²) < 4.78 is 32.3. The SMILES string of the molecule is CCNC(=NCc1ccc(S(=O)(=O)N2CCCC2)cc1)NCCc1ccccc1OC.I. The van der Waals surface area contributed by atoms with Crippen molar-refractivity contribution in [1.82, 2.24) is 14.9 Å². The predicted octanol–water partition coefficient (Wildman–Crippen LogP) is 3.40. The van der Waals surface area contributed by atoms with Gasteiger partial charge in [-0.2, -0.15) is 4.31 Å². The molecule has 2 N–H and O–H groups in total. The minimum absolute atomic E-state index is 0. The summed E-state index contributed by atoms with van der Waals surface area (Å²) in [6, 6.07) is 15.0. The largest absolute Gasteiger partial charge is 0.496 e. The molecule has 9 heteroatoms. The lowest BCUT2D eigenvalue weighted by Gasteiger charge is -2.15. The Bertz CT molecular complexity index is 975. The van der Waals surface area contributed by atoms with Crippen LogP contribution in [0.2, 0.25) is 0 Å². The summed E-state index contributed by atoms with van der Waals surface area (Å²) in [6.45, 7) is 5.19. The minimum atomic E-state index is -3.38. The van der Waals surface area contributed by atoms with Crippen LogP contribution < -0.4 is 15.4 Å². The Morgan fingerprint density at radius 1 is 1.06 bits per heavy atom. The van der Waals surface area contributed by atoms with E-state index in [4.69, 9.17) is 4.74 Å². The fourth-order valence-corrected chi connectivity index (χ4v) is 5.10. The summed E-state index contributed by atoms with van der Waals surface area (Å²) in [5.74, 6) is 1.61. The van der Waals surface area contributed by atoms with Gasteiger partial charge in [-0.25, -0.2) is 13.4 Å². The maximum absolute atomic E-state index is 12.6. The van der Waals surface area contributed by atoms with E-state index in [0.29, 0.717) is 24.5 Å². The molecule has 0 aromatic heterocycles. The van der Waals surface area contributed by atoms with Gasteiger partial charge in [0.05, 0.1) is 18.6 Å². The Labute approximate surface area is 208 Å². The van der Waals surface area contributed by atoms with Gasteiger partial charge in [-0.3, -0.25) is 0 Å². The Morgan fingerprint density at radius 3 is 2.41 bits per heavy atom. The van der Waals surface area contributed by atoms with E-state index < -0.39 is 10.0 Å². The van der Waals surface area contributed by atoms with Crippen LogP contribution in [0.4, 0.5) is 0 Å². The standard InChI is InChI=1S/C23H32N4O3S.HI/c1-3-24-23(25-15-14-20-8-4-5-9-22(20)30-2)26-18-19-10-12-21(13-11-19)31(28,29)27-16-6-7-17-27;/h4-5,8-13H,3,6-7,14-18H2,1-2H3,(H2,24,25,26);1H. The van der Waals surface area contributed by atoms with Crippen LogP contribution in [0.25, 0.3) is 0 Å². The van der Waals surface area contributed by atoms with Gasteiger partial charge in [-0.05, 0) is 55.5 Å². The smallest absolute Gasteiger partial charge is 0.243 e. The van der Waals surface area contributed by atoms with Crippen LogP contribution >= 0.6 is 24.0 Å². The zero-order chi connectivity index (χ0) is 22.1. The third kappa shape index (κ3) is 7.08. The lowest BCUT2D eigenvalue weighted by Crippen LogP contribution is -2.38. The van der Waals surface area contributed by atoms with Gasteiger partial charge in [0.2, 0.25) is 10.0 Å². The van der Waals surface area contributed by atoms with Crippen molar-refractivity contribution in [3.63, 3.8) is 0 Å². The molecule has 3 rings (SSSR count). The monoisotopic (exact) mass is 572 g/mol. The van der Waals surface area contributed by atoms with Gasteiger partial charge in [0.25, 0.3) is 0 Å². The number of sulfonamides is 1. The Balaban J connectivity index is 0.00000363. The molecule has 0 amide bonds.